The van der Waals surface area contributed by atoms with Crippen molar-refractivity contribution in [2.24, 2.45) is 0 Å². The molecule has 8 nitrogen and oxygen atoms in total. The Balaban J connectivity index is 2.28. The number of rotatable bonds is 5. The SMILES string of the molecule is CC(C)NC(=O)COC(=O)Cn1cnc(N)n1. The second-order valence-electron chi connectivity index (χ2n) is 3.68. The highest BCUT2D eigenvalue weighted by molar-refractivity contribution is 5.80. The Morgan fingerprint density at radius 3 is 2.82 bits per heavy atom. The fraction of sp³-hybridized carbons (Fsp3) is 0.556. The lowest BCUT2D eigenvalue weighted by Gasteiger charge is -2.08. The summed E-state index contributed by atoms with van der Waals surface area (Å²) in [6.45, 7) is 3.20. The van der Waals surface area contributed by atoms with E-state index in [4.69, 9.17) is 10.5 Å². The molecular weight excluding hydrogens is 226 g/mol. The van der Waals surface area contributed by atoms with Gasteiger partial charge in [0, 0.05) is 6.04 Å². The number of aromatic nitrogens is 3. The van der Waals surface area contributed by atoms with Crippen LogP contribution >= 0.6 is 0 Å². The van der Waals surface area contributed by atoms with Crippen molar-refractivity contribution in [1.29, 1.82) is 0 Å². The molecule has 1 aromatic rings. The van der Waals surface area contributed by atoms with Gasteiger partial charge in [0.25, 0.3) is 5.91 Å². The summed E-state index contributed by atoms with van der Waals surface area (Å²) in [7, 11) is 0. The van der Waals surface area contributed by atoms with Gasteiger partial charge in [0.05, 0.1) is 0 Å². The summed E-state index contributed by atoms with van der Waals surface area (Å²) in [5.74, 6) is -0.837. The fourth-order valence-electron chi connectivity index (χ4n) is 1.07. The molecule has 0 atom stereocenters. The molecule has 1 aromatic heterocycles. The molecule has 1 rings (SSSR count). The summed E-state index contributed by atoms with van der Waals surface area (Å²) in [6.07, 6.45) is 1.31. The van der Waals surface area contributed by atoms with Crippen LogP contribution in [0.5, 0.6) is 0 Å². The molecule has 0 bridgehead atoms. The molecule has 0 radical (unpaired) electrons. The molecule has 17 heavy (non-hydrogen) atoms. The topological polar surface area (TPSA) is 112 Å². The first-order valence-electron chi connectivity index (χ1n) is 5.07. The Bertz CT molecular complexity index is 401. The zero-order valence-corrected chi connectivity index (χ0v) is 9.71. The van der Waals surface area contributed by atoms with Crippen LogP contribution in [-0.2, 0) is 20.9 Å². The molecule has 0 saturated carbocycles. The molecule has 0 unspecified atom stereocenters. The predicted molar refractivity (Wildman–Crippen MR) is 58.7 cm³/mol. The van der Waals surface area contributed by atoms with Gasteiger partial charge in [-0.2, -0.15) is 0 Å². The lowest BCUT2D eigenvalue weighted by molar-refractivity contribution is -0.149. The van der Waals surface area contributed by atoms with Gasteiger partial charge in [-0.05, 0) is 13.8 Å². The molecule has 0 saturated heterocycles. The van der Waals surface area contributed by atoms with Crippen LogP contribution in [0.15, 0.2) is 6.33 Å². The van der Waals surface area contributed by atoms with Crippen LogP contribution in [0.2, 0.25) is 0 Å². The van der Waals surface area contributed by atoms with Crippen LogP contribution < -0.4 is 11.1 Å². The normalized spacial score (nSPS) is 10.3. The van der Waals surface area contributed by atoms with Crippen LogP contribution in [0.25, 0.3) is 0 Å². The lowest BCUT2D eigenvalue weighted by Crippen LogP contribution is -2.34. The van der Waals surface area contributed by atoms with E-state index in [1.807, 2.05) is 13.8 Å². The lowest BCUT2D eigenvalue weighted by atomic mass is 10.4. The summed E-state index contributed by atoms with van der Waals surface area (Å²) in [5, 5.41) is 6.30. The molecule has 0 aliphatic carbocycles. The molecular formula is C9H15N5O3. The van der Waals surface area contributed by atoms with E-state index in [1.54, 1.807) is 0 Å². The monoisotopic (exact) mass is 241 g/mol. The van der Waals surface area contributed by atoms with Crippen LogP contribution in [0.4, 0.5) is 5.95 Å². The third-order valence-electron chi connectivity index (χ3n) is 1.66. The van der Waals surface area contributed by atoms with Crippen molar-refractivity contribution in [3.8, 4) is 0 Å². The van der Waals surface area contributed by atoms with Crippen LogP contribution in [-0.4, -0.2) is 39.3 Å². The van der Waals surface area contributed by atoms with Gasteiger partial charge in [-0.3, -0.25) is 9.59 Å². The highest BCUT2D eigenvalue weighted by atomic mass is 16.5. The number of carbonyl (C=O) groups is 2. The maximum absolute atomic E-state index is 11.3. The number of anilines is 1. The first kappa shape index (κ1) is 12.9. The molecule has 94 valence electrons. The molecule has 8 heteroatoms. The predicted octanol–water partition coefficient (Wildman–Crippen LogP) is -1.07. The smallest absolute Gasteiger partial charge is 0.328 e. The van der Waals surface area contributed by atoms with E-state index in [-0.39, 0.29) is 31.0 Å². The average molecular weight is 241 g/mol. The number of nitrogen functional groups attached to an aromatic ring is 1. The second-order valence-corrected chi connectivity index (χ2v) is 3.68. The standard InChI is InChI=1S/C9H15N5O3/c1-6(2)12-7(15)4-17-8(16)3-14-5-11-9(10)13-14/h5-6H,3-4H2,1-2H3,(H2,10,13)(H,12,15). The number of nitrogens with zero attached hydrogens (tertiary/aromatic N) is 3. The zero-order chi connectivity index (χ0) is 12.8. The van der Waals surface area contributed by atoms with Gasteiger partial charge in [-0.25, -0.2) is 9.67 Å². The van der Waals surface area contributed by atoms with Crippen molar-refractivity contribution < 1.29 is 14.3 Å². The average Bonchev–Trinajstić information content (AvgIpc) is 2.60. The number of amides is 1. The molecule has 3 N–H and O–H groups in total. The van der Waals surface area contributed by atoms with Gasteiger partial charge in [0.2, 0.25) is 5.95 Å². The maximum Gasteiger partial charge on any atom is 0.328 e. The number of nitrogens with two attached hydrogens (primary N) is 1. The van der Waals surface area contributed by atoms with E-state index in [1.165, 1.54) is 11.0 Å². The molecule has 0 fully saturated rings. The number of ether oxygens (including phenoxy) is 1. The Labute approximate surface area is 98.1 Å². The first-order chi connectivity index (χ1) is 7.97. The minimum Gasteiger partial charge on any atom is -0.454 e. The van der Waals surface area contributed by atoms with Gasteiger partial charge < -0.3 is 15.8 Å². The van der Waals surface area contributed by atoms with Crippen molar-refractivity contribution in [1.82, 2.24) is 20.1 Å². The highest BCUT2D eigenvalue weighted by Gasteiger charge is 2.09. The largest absolute Gasteiger partial charge is 0.454 e. The van der Waals surface area contributed by atoms with Gasteiger partial charge in [-0.1, -0.05) is 0 Å². The summed E-state index contributed by atoms with van der Waals surface area (Å²) in [5.41, 5.74) is 5.27. The number of hydrogen-bond donors (Lipinski definition) is 2. The molecule has 0 aromatic carbocycles. The first-order valence-corrected chi connectivity index (χ1v) is 5.07. The van der Waals surface area contributed by atoms with Crippen molar-refractivity contribution in [3.63, 3.8) is 0 Å². The summed E-state index contributed by atoms with van der Waals surface area (Å²) in [4.78, 5) is 26.1. The maximum atomic E-state index is 11.3. The molecule has 0 aliphatic heterocycles. The Morgan fingerprint density at radius 1 is 1.59 bits per heavy atom. The molecule has 0 spiro atoms. The highest BCUT2D eigenvalue weighted by Crippen LogP contribution is 1.91. The van der Waals surface area contributed by atoms with Crippen molar-refractivity contribution >= 4 is 17.8 Å². The molecule has 1 heterocycles. The summed E-state index contributed by atoms with van der Waals surface area (Å²) < 4.78 is 5.97. The van der Waals surface area contributed by atoms with E-state index in [0.717, 1.165) is 0 Å². The van der Waals surface area contributed by atoms with Gasteiger partial charge in [0.15, 0.2) is 6.61 Å². The van der Waals surface area contributed by atoms with Crippen LogP contribution in [0, 0.1) is 0 Å². The summed E-state index contributed by atoms with van der Waals surface area (Å²) >= 11 is 0. The third kappa shape index (κ3) is 4.96. The van der Waals surface area contributed by atoms with E-state index < -0.39 is 5.97 Å². The van der Waals surface area contributed by atoms with Crippen molar-refractivity contribution in [3.05, 3.63) is 6.33 Å². The Morgan fingerprint density at radius 2 is 2.29 bits per heavy atom. The number of nitrogens with one attached hydrogen (secondary N) is 1. The minimum atomic E-state index is -0.575. The number of esters is 1. The van der Waals surface area contributed by atoms with E-state index >= 15 is 0 Å². The third-order valence-corrected chi connectivity index (χ3v) is 1.66. The Kier molecular flexibility index (Phi) is 4.44. The van der Waals surface area contributed by atoms with Crippen LogP contribution in [0.3, 0.4) is 0 Å². The second kappa shape index (κ2) is 5.83. The fourth-order valence-corrected chi connectivity index (χ4v) is 1.07. The molecule has 1 amide bonds. The Hall–Kier alpha value is -2.12. The quantitative estimate of drug-likeness (QED) is 0.635. The number of hydrogen-bond acceptors (Lipinski definition) is 6. The molecule has 0 aliphatic rings. The van der Waals surface area contributed by atoms with Crippen LogP contribution in [0.1, 0.15) is 13.8 Å². The zero-order valence-electron chi connectivity index (χ0n) is 9.71. The van der Waals surface area contributed by atoms with E-state index in [9.17, 15) is 9.59 Å². The van der Waals surface area contributed by atoms with Gasteiger partial charge in [-0.15, -0.1) is 5.10 Å². The van der Waals surface area contributed by atoms with Gasteiger partial charge in [0.1, 0.15) is 12.9 Å². The minimum absolute atomic E-state index is 0.0105. The van der Waals surface area contributed by atoms with Crippen molar-refractivity contribution in [2.45, 2.75) is 26.4 Å². The van der Waals surface area contributed by atoms with E-state index in [0.29, 0.717) is 0 Å². The number of carbonyl (C=O) groups excluding carboxylic acids is 2. The summed E-state index contributed by atoms with van der Waals surface area (Å²) in [6, 6.07) is 0.0105. The van der Waals surface area contributed by atoms with Gasteiger partial charge >= 0.3 is 5.97 Å². The van der Waals surface area contributed by atoms with Crippen molar-refractivity contribution in [2.75, 3.05) is 12.3 Å². The van der Waals surface area contributed by atoms with E-state index in [2.05, 4.69) is 15.4 Å².